The van der Waals surface area contributed by atoms with Gasteiger partial charge in [0, 0.05) is 16.0 Å². The molecule has 0 aliphatic carbocycles. The van der Waals surface area contributed by atoms with Crippen molar-refractivity contribution >= 4 is 56.1 Å². The van der Waals surface area contributed by atoms with E-state index in [2.05, 4.69) is 26.2 Å². The van der Waals surface area contributed by atoms with Crippen LogP contribution in [0.2, 0.25) is 5.02 Å². The maximum atomic E-state index is 12.9. The number of amides is 1. The molecule has 0 bridgehead atoms. The lowest BCUT2D eigenvalue weighted by atomic mass is 10.2. The molecule has 3 rings (SSSR count). The molecule has 1 amide bonds. The number of aromatic nitrogens is 2. The van der Waals surface area contributed by atoms with E-state index in [1.807, 2.05) is 18.2 Å². The summed E-state index contributed by atoms with van der Waals surface area (Å²) in [6, 6.07) is 12.5. The summed E-state index contributed by atoms with van der Waals surface area (Å²) in [6.45, 7) is 2.01. The second kappa shape index (κ2) is 9.75. The van der Waals surface area contributed by atoms with Gasteiger partial charge in [0.15, 0.2) is 5.16 Å². The number of halogens is 2. The molecular formula is C20H19BrClN3O3S. The van der Waals surface area contributed by atoms with Crippen molar-refractivity contribution in [3.63, 3.8) is 0 Å². The molecule has 0 aliphatic heterocycles. The highest BCUT2D eigenvalue weighted by atomic mass is 79.9. The van der Waals surface area contributed by atoms with E-state index in [1.165, 1.54) is 4.57 Å². The Morgan fingerprint density at radius 3 is 2.83 bits per heavy atom. The maximum absolute atomic E-state index is 12.9. The fraction of sp³-hybridized carbons (Fsp3) is 0.250. The average Bonchev–Trinajstić information content (AvgIpc) is 2.68. The van der Waals surface area contributed by atoms with E-state index in [1.54, 1.807) is 31.2 Å². The summed E-state index contributed by atoms with van der Waals surface area (Å²) in [5.41, 5.74) is 1.11. The Morgan fingerprint density at radius 1 is 1.34 bits per heavy atom. The van der Waals surface area contributed by atoms with E-state index in [4.69, 9.17) is 11.6 Å². The van der Waals surface area contributed by atoms with Gasteiger partial charge in [-0.3, -0.25) is 14.2 Å². The standard InChI is InChI=1S/C20H19BrClN3O3S/c1-12(26)10-25-19(28)15-8-14(21)6-7-17(15)24-20(25)29-11-18(27)23-9-13-4-2-3-5-16(13)22/h2-8,12,26H,9-11H2,1H3,(H,23,27)/t12-/m1/s1. The Bertz CT molecular complexity index is 1100. The number of rotatable bonds is 7. The molecule has 1 aromatic heterocycles. The molecule has 0 radical (unpaired) electrons. The number of hydrogen-bond donors (Lipinski definition) is 2. The summed E-state index contributed by atoms with van der Waals surface area (Å²) in [6.07, 6.45) is -0.729. The van der Waals surface area contributed by atoms with Gasteiger partial charge in [-0.25, -0.2) is 4.98 Å². The van der Waals surface area contributed by atoms with Crippen molar-refractivity contribution < 1.29 is 9.90 Å². The molecule has 0 unspecified atom stereocenters. The van der Waals surface area contributed by atoms with Crippen LogP contribution in [0.25, 0.3) is 10.9 Å². The molecule has 0 saturated heterocycles. The third-order valence-electron chi connectivity index (χ3n) is 4.09. The summed E-state index contributed by atoms with van der Waals surface area (Å²) >= 11 is 10.6. The number of nitrogens with one attached hydrogen (secondary N) is 1. The minimum atomic E-state index is -0.729. The second-order valence-corrected chi connectivity index (χ2v) is 8.74. The minimum absolute atomic E-state index is 0.0821. The Hall–Kier alpha value is -1.87. The molecule has 9 heteroatoms. The first-order valence-electron chi connectivity index (χ1n) is 8.86. The summed E-state index contributed by atoms with van der Waals surface area (Å²) in [7, 11) is 0. The van der Waals surface area contributed by atoms with Crippen LogP contribution in [0.5, 0.6) is 0 Å². The van der Waals surface area contributed by atoms with E-state index in [-0.39, 0.29) is 23.8 Å². The molecule has 152 valence electrons. The summed E-state index contributed by atoms with van der Waals surface area (Å²) in [5.74, 6) is -0.123. The second-order valence-electron chi connectivity index (χ2n) is 6.48. The number of fused-ring (bicyclic) bond motifs is 1. The highest BCUT2D eigenvalue weighted by molar-refractivity contribution is 9.10. The summed E-state index contributed by atoms with van der Waals surface area (Å²) < 4.78 is 2.18. The van der Waals surface area contributed by atoms with Gasteiger partial charge >= 0.3 is 0 Å². The number of aliphatic hydroxyl groups excluding tert-OH is 1. The van der Waals surface area contributed by atoms with Crippen LogP contribution >= 0.6 is 39.3 Å². The van der Waals surface area contributed by atoms with Crippen molar-refractivity contribution in [1.29, 1.82) is 0 Å². The lowest BCUT2D eigenvalue weighted by molar-refractivity contribution is -0.118. The highest BCUT2D eigenvalue weighted by Gasteiger charge is 2.15. The largest absolute Gasteiger partial charge is 0.392 e. The Kier molecular flexibility index (Phi) is 7.34. The van der Waals surface area contributed by atoms with Gasteiger partial charge in [-0.1, -0.05) is 57.5 Å². The van der Waals surface area contributed by atoms with Crippen molar-refractivity contribution in [3.8, 4) is 0 Å². The highest BCUT2D eigenvalue weighted by Crippen LogP contribution is 2.21. The lowest BCUT2D eigenvalue weighted by Crippen LogP contribution is -2.29. The fourth-order valence-corrected chi connectivity index (χ4v) is 4.13. The monoisotopic (exact) mass is 495 g/mol. The van der Waals surface area contributed by atoms with Crippen molar-refractivity contribution in [2.45, 2.75) is 31.3 Å². The molecule has 0 fully saturated rings. The van der Waals surface area contributed by atoms with Gasteiger partial charge in [0.25, 0.3) is 5.56 Å². The molecule has 2 aromatic carbocycles. The van der Waals surface area contributed by atoms with Crippen LogP contribution < -0.4 is 10.9 Å². The minimum Gasteiger partial charge on any atom is -0.392 e. The molecule has 3 aromatic rings. The number of hydrogen-bond acceptors (Lipinski definition) is 5. The molecule has 1 atom stereocenters. The third kappa shape index (κ3) is 5.60. The van der Waals surface area contributed by atoms with E-state index in [0.717, 1.165) is 21.8 Å². The van der Waals surface area contributed by atoms with Crippen molar-refractivity contribution in [2.75, 3.05) is 5.75 Å². The van der Waals surface area contributed by atoms with Gasteiger partial charge in [-0.2, -0.15) is 0 Å². The Balaban J connectivity index is 1.77. The number of carbonyl (C=O) groups is 1. The molecule has 0 aliphatic rings. The zero-order valence-corrected chi connectivity index (χ0v) is 18.7. The smallest absolute Gasteiger partial charge is 0.262 e. The van der Waals surface area contributed by atoms with Gasteiger partial charge < -0.3 is 10.4 Å². The van der Waals surface area contributed by atoms with Crippen LogP contribution in [0.4, 0.5) is 0 Å². The van der Waals surface area contributed by atoms with Crippen LogP contribution in [-0.4, -0.2) is 32.4 Å². The van der Waals surface area contributed by atoms with E-state index in [9.17, 15) is 14.7 Å². The normalized spacial score (nSPS) is 12.1. The summed E-state index contributed by atoms with van der Waals surface area (Å²) in [4.78, 5) is 29.7. The molecule has 0 spiro atoms. The first kappa shape index (κ1) is 21.8. The third-order valence-corrected chi connectivity index (χ3v) is 5.93. The van der Waals surface area contributed by atoms with Crippen molar-refractivity contribution in [1.82, 2.24) is 14.9 Å². The van der Waals surface area contributed by atoms with Crippen LogP contribution in [0.1, 0.15) is 12.5 Å². The van der Waals surface area contributed by atoms with E-state index < -0.39 is 6.10 Å². The number of nitrogens with zero attached hydrogens (tertiary/aromatic N) is 2. The van der Waals surface area contributed by atoms with E-state index >= 15 is 0 Å². The molecule has 1 heterocycles. The zero-order valence-electron chi connectivity index (χ0n) is 15.6. The number of benzene rings is 2. The van der Waals surface area contributed by atoms with Crippen LogP contribution in [0, 0.1) is 0 Å². The van der Waals surface area contributed by atoms with Crippen LogP contribution in [-0.2, 0) is 17.9 Å². The quantitative estimate of drug-likeness (QED) is 0.386. The van der Waals surface area contributed by atoms with Crippen molar-refractivity contribution in [3.05, 3.63) is 67.9 Å². The van der Waals surface area contributed by atoms with Crippen LogP contribution in [0.15, 0.2) is 56.9 Å². The van der Waals surface area contributed by atoms with Crippen molar-refractivity contribution in [2.24, 2.45) is 0 Å². The van der Waals surface area contributed by atoms with Gasteiger partial charge in [-0.15, -0.1) is 0 Å². The Morgan fingerprint density at radius 2 is 2.10 bits per heavy atom. The number of aliphatic hydroxyl groups is 1. The van der Waals surface area contributed by atoms with Gasteiger partial charge in [0.2, 0.25) is 5.91 Å². The van der Waals surface area contributed by atoms with E-state index in [0.29, 0.717) is 27.6 Å². The van der Waals surface area contributed by atoms with Gasteiger partial charge in [0.05, 0.1) is 29.3 Å². The molecule has 2 N–H and O–H groups in total. The van der Waals surface area contributed by atoms with Gasteiger partial charge in [-0.05, 0) is 36.8 Å². The zero-order chi connectivity index (χ0) is 21.0. The lowest BCUT2D eigenvalue weighted by Gasteiger charge is -2.14. The molecule has 29 heavy (non-hydrogen) atoms. The topological polar surface area (TPSA) is 84.2 Å². The fourth-order valence-electron chi connectivity index (χ4n) is 2.72. The predicted octanol–water partition coefficient (Wildman–Crippen LogP) is 3.60. The molecular weight excluding hydrogens is 478 g/mol. The summed E-state index contributed by atoms with van der Waals surface area (Å²) in [5, 5.41) is 14.0. The average molecular weight is 497 g/mol. The molecule has 0 saturated carbocycles. The maximum Gasteiger partial charge on any atom is 0.262 e. The first-order valence-corrected chi connectivity index (χ1v) is 11.0. The van der Waals surface area contributed by atoms with Gasteiger partial charge in [0.1, 0.15) is 0 Å². The number of thioether (sulfide) groups is 1. The molecule has 6 nitrogen and oxygen atoms in total. The SMILES string of the molecule is C[C@@H](O)Cn1c(SCC(=O)NCc2ccccc2Cl)nc2ccc(Br)cc2c1=O. The first-order chi connectivity index (χ1) is 13.8. The Labute approximate surface area is 185 Å². The number of carbonyl (C=O) groups excluding carboxylic acids is 1. The van der Waals surface area contributed by atoms with Crippen LogP contribution in [0.3, 0.4) is 0 Å². The predicted molar refractivity (Wildman–Crippen MR) is 119 cm³/mol.